The molecule has 0 unspecified atom stereocenters. The molecule has 5 aromatic rings. The molecule has 10 heteroatoms. The van der Waals surface area contributed by atoms with Crippen LogP contribution in [0.2, 0.25) is 0 Å². The van der Waals surface area contributed by atoms with Crippen LogP contribution >= 0.6 is 11.3 Å². The number of benzene rings is 1. The van der Waals surface area contributed by atoms with Crippen LogP contribution in [-0.2, 0) is 0 Å². The summed E-state index contributed by atoms with van der Waals surface area (Å²) in [6.45, 7) is 2.51. The molecule has 1 N–H and O–H groups in total. The number of carbonyl (C=O) groups is 1. The van der Waals surface area contributed by atoms with Crippen LogP contribution < -0.4 is 14.8 Å². The van der Waals surface area contributed by atoms with E-state index in [1.807, 2.05) is 47.9 Å². The number of ether oxygens (including phenoxy) is 2. The van der Waals surface area contributed by atoms with Gasteiger partial charge in [0.2, 0.25) is 5.88 Å². The van der Waals surface area contributed by atoms with E-state index in [0.29, 0.717) is 28.8 Å². The Balaban J connectivity index is 1.17. The Morgan fingerprint density at radius 3 is 2.65 bits per heavy atom. The maximum atomic E-state index is 12.7. The van der Waals surface area contributed by atoms with Gasteiger partial charge >= 0.3 is 0 Å². The SMILES string of the molecule is COc1ccc(-c2cn3c(C)c(C(=O)NCCOc4ccc(-c5ccco5)nn4)sc3n2)cc1. The minimum atomic E-state index is -0.165. The maximum Gasteiger partial charge on any atom is 0.263 e. The van der Waals surface area contributed by atoms with Crippen LogP contribution in [0.1, 0.15) is 15.4 Å². The number of methoxy groups -OCH3 is 1. The molecule has 1 amide bonds. The minimum Gasteiger partial charge on any atom is -0.497 e. The Hall–Kier alpha value is -4.18. The normalized spacial score (nSPS) is 11.0. The molecule has 0 saturated heterocycles. The lowest BCUT2D eigenvalue weighted by atomic mass is 10.2. The number of hydrogen-bond acceptors (Lipinski definition) is 8. The summed E-state index contributed by atoms with van der Waals surface area (Å²) in [5.41, 5.74) is 3.29. The highest BCUT2D eigenvalue weighted by atomic mass is 32.1. The van der Waals surface area contributed by atoms with Crippen molar-refractivity contribution in [3.8, 4) is 34.3 Å². The molecule has 0 fully saturated rings. The number of nitrogens with one attached hydrogen (secondary N) is 1. The van der Waals surface area contributed by atoms with Crippen molar-refractivity contribution >= 4 is 22.2 Å². The summed E-state index contributed by atoms with van der Waals surface area (Å²) in [6, 6.07) is 14.8. The largest absolute Gasteiger partial charge is 0.497 e. The van der Waals surface area contributed by atoms with Gasteiger partial charge in [0.15, 0.2) is 10.7 Å². The molecule has 0 radical (unpaired) electrons. The summed E-state index contributed by atoms with van der Waals surface area (Å²) in [5.74, 6) is 1.64. The van der Waals surface area contributed by atoms with Gasteiger partial charge in [0.25, 0.3) is 5.91 Å². The van der Waals surface area contributed by atoms with Crippen LogP contribution in [0.25, 0.3) is 27.7 Å². The third-order valence-electron chi connectivity index (χ3n) is 5.20. The van der Waals surface area contributed by atoms with Crippen molar-refractivity contribution in [3.05, 3.63) is 71.6 Å². The second kappa shape index (κ2) is 9.36. The monoisotopic (exact) mass is 475 g/mol. The number of imidazole rings is 1. The summed E-state index contributed by atoms with van der Waals surface area (Å²) in [7, 11) is 1.64. The smallest absolute Gasteiger partial charge is 0.263 e. The topological polar surface area (TPSA) is 104 Å². The lowest BCUT2D eigenvalue weighted by Gasteiger charge is -2.06. The van der Waals surface area contributed by atoms with Crippen LogP contribution in [-0.4, -0.2) is 45.8 Å². The van der Waals surface area contributed by atoms with Gasteiger partial charge in [-0.05, 0) is 49.4 Å². The maximum absolute atomic E-state index is 12.7. The number of aryl methyl sites for hydroxylation is 1. The van der Waals surface area contributed by atoms with E-state index < -0.39 is 0 Å². The van der Waals surface area contributed by atoms with Crippen molar-refractivity contribution in [2.45, 2.75) is 6.92 Å². The average molecular weight is 476 g/mol. The van der Waals surface area contributed by atoms with Gasteiger partial charge < -0.3 is 19.2 Å². The first kappa shape index (κ1) is 21.7. The van der Waals surface area contributed by atoms with Crippen molar-refractivity contribution in [3.63, 3.8) is 0 Å². The number of aromatic nitrogens is 4. The van der Waals surface area contributed by atoms with Gasteiger partial charge in [0.05, 0.1) is 25.6 Å². The van der Waals surface area contributed by atoms with E-state index in [0.717, 1.165) is 27.7 Å². The summed E-state index contributed by atoms with van der Waals surface area (Å²) >= 11 is 1.35. The Morgan fingerprint density at radius 1 is 1.12 bits per heavy atom. The molecule has 0 saturated carbocycles. The van der Waals surface area contributed by atoms with Gasteiger partial charge in [-0.2, -0.15) is 0 Å². The second-order valence-corrected chi connectivity index (χ2v) is 8.34. The molecule has 0 atom stereocenters. The van der Waals surface area contributed by atoms with E-state index in [1.165, 1.54) is 11.3 Å². The number of amides is 1. The number of nitrogens with zero attached hydrogens (tertiary/aromatic N) is 4. The summed E-state index contributed by atoms with van der Waals surface area (Å²) in [6.07, 6.45) is 3.52. The standard InChI is InChI=1S/C24H21N5O4S/c1-15-22(34-24-26-19(14-29(15)24)16-5-7-17(31-2)8-6-16)23(30)25-11-13-33-21-10-9-18(27-28-21)20-4-3-12-32-20/h3-10,12,14H,11,13H2,1-2H3,(H,25,30). The summed E-state index contributed by atoms with van der Waals surface area (Å²) in [4.78, 5) is 18.8. The molecular weight excluding hydrogens is 454 g/mol. The molecule has 0 aliphatic rings. The number of fused-ring (bicyclic) bond motifs is 1. The first-order chi connectivity index (χ1) is 16.6. The molecule has 34 heavy (non-hydrogen) atoms. The van der Waals surface area contributed by atoms with E-state index in [1.54, 1.807) is 31.6 Å². The van der Waals surface area contributed by atoms with E-state index in [-0.39, 0.29) is 12.5 Å². The summed E-state index contributed by atoms with van der Waals surface area (Å²) in [5, 5.41) is 11.0. The molecule has 4 aromatic heterocycles. The van der Waals surface area contributed by atoms with E-state index in [9.17, 15) is 4.79 Å². The van der Waals surface area contributed by atoms with Crippen molar-refractivity contribution in [1.82, 2.24) is 24.9 Å². The highest BCUT2D eigenvalue weighted by Crippen LogP contribution is 2.28. The first-order valence-corrected chi connectivity index (χ1v) is 11.4. The number of rotatable bonds is 8. The Morgan fingerprint density at radius 2 is 1.97 bits per heavy atom. The highest BCUT2D eigenvalue weighted by molar-refractivity contribution is 7.19. The molecule has 9 nitrogen and oxygen atoms in total. The van der Waals surface area contributed by atoms with Gasteiger partial charge in [-0.15, -0.1) is 10.2 Å². The molecule has 0 aliphatic carbocycles. The number of carbonyl (C=O) groups excluding carboxylic acids is 1. The molecular formula is C24H21N5O4S. The van der Waals surface area contributed by atoms with Gasteiger partial charge in [-0.25, -0.2) is 4.98 Å². The molecule has 5 rings (SSSR count). The van der Waals surface area contributed by atoms with Gasteiger partial charge in [0, 0.05) is 23.5 Å². The number of hydrogen-bond donors (Lipinski definition) is 1. The van der Waals surface area contributed by atoms with Crippen molar-refractivity contribution in [2.75, 3.05) is 20.3 Å². The zero-order chi connectivity index (χ0) is 23.5. The number of thiazole rings is 1. The lowest BCUT2D eigenvalue weighted by molar-refractivity contribution is 0.0949. The molecule has 0 spiro atoms. The zero-order valence-electron chi connectivity index (χ0n) is 18.5. The van der Waals surface area contributed by atoms with Crippen LogP contribution in [0.4, 0.5) is 0 Å². The quantitative estimate of drug-likeness (QED) is 0.335. The molecule has 0 aliphatic heterocycles. The van der Waals surface area contributed by atoms with Crippen LogP contribution in [0, 0.1) is 6.92 Å². The third kappa shape index (κ3) is 4.35. The molecule has 0 bridgehead atoms. The predicted molar refractivity (Wildman–Crippen MR) is 127 cm³/mol. The predicted octanol–water partition coefficient (Wildman–Crippen LogP) is 4.24. The Labute approximate surface area is 199 Å². The second-order valence-electron chi connectivity index (χ2n) is 7.36. The van der Waals surface area contributed by atoms with Gasteiger partial charge in [0.1, 0.15) is 22.9 Å². The van der Waals surface area contributed by atoms with E-state index in [2.05, 4.69) is 20.5 Å². The molecule has 4 heterocycles. The van der Waals surface area contributed by atoms with Crippen LogP contribution in [0.5, 0.6) is 11.6 Å². The fourth-order valence-corrected chi connectivity index (χ4v) is 4.44. The van der Waals surface area contributed by atoms with Gasteiger partial charge in [-0.1, -0.05) is 11.3 Å². The zero-order valence-corrected chi connectivity index (χ0v) is 19.3. The molecule has 172 valence electrons. The number of furan rings is 1. The van der Waals surface area contributed by atoms with Crippen LogP contribution in [0.15, 0.2) is 65.4 Å². The van der Waals surface area contributed by atoms with Crippen molar-refractivity contribution in [1.29, 1.82) is 0 Å². The highest BCUT2D eigenvalue weighted by Gasteiger charge is 2.18. The van der Waals surface area contributed by atoms with E-state index in [4.69, 9.17) is 13.9 Å². The first-order valence-electron chi connectivity index (χ1n) is 10.5. The van der Waals surface area contributed by atoms with Crippen molar-refractivity contribution < 1.29 is 18.7 Å². The Bertz CT molecular complexity index is 1410. The fourth-order valence-electron chi connectivity index (χ4n) is 3.41. The lowest BCUT2D eigenvalue weighted by Crippen LogP contribution is -2.28. The van der Waals surface area contributed by atoms with Crippen molar-refractivity contribution in [2.24, 2.45) is 0 Å². The van der Waals surface area contributed by atoms with E-state index >= 15 is 0 Å². The van der Waals surface area contributed by atoms with Crippen LogP contribution in [0.3, 0.4) is 0 Å². The molecule has 1 aromatic carbocycles. The third-order valence-corrected chi connectivity index (χ3v) is 6.36. The van der Waals surface area contributed by atoms with Gasteiger partial charge in [-0.3, -0.25) is 9.20 Å². The average Bonchev–Trinajstić information content (AvgIpc) is 3.61. The fraction of sp³-hybridized carbons (Fsp3) is 0.167. The summed E-state index contributed by atoms with van der Waals surface area (Å²) < 4.78 is 18.0. The minimum absolute atomic E-state index is 0.165. The Kier molecular flexibility index (Phi) is 5.96.